The van der Waals surface area contributed by atoms with E-state index in [0.717, 1.165) is 17.7 Å². The van der Waals surface area contributed by atoms with Gasteiger partial charge in [0.05, 0.1) is 19.0 Å². The van der Waals surface area contributed by atoms with Crippen molar-refractivity contribution < 1.29 is 4.74 Å². The molecule has 5 nitrogen and oxygen atoms in total. The summed E-state index contributed by atoms with van der Waals surface area (Å²) in [6.07, 6.45) is 4.21. The summed E-state index contributed by atoms with van der Waals surface area (Å²) in [6.45, 7) is 3.16. The fourth-order valence-electron chi connectivity index (χ4n) is 1.64. The van der Waals surface area contributed by atoms with Gasteiger partial charge in [-0.1, -0.05) is 25.1 Å². The third-order valence-electron chi connectivity index (χ3n) is 2.57. The Bertz CT molecular complexity index is 530. The second-order valence-corrected chi connectivity index (χ2v) is 4.08. The third-order valence-corrected chi connectivity index (χ3v) is 2.57. The lowest BCUT2D eigenvalue weighted by Gasteiger charge is -2.10. The molecule has 2 rings (SSSR count). The zero-order chi connectivity index (χ0) is 13.5. The topological polar surface area (TPSA) is 73.1 Å². The van der Waals surface area contributed by atoms with E-state index < -0.39 is 0 Å². The van der Waals surface area contributed by atoms with Crippen LogP contribution in [0.3, 0.4) is 0 Å². The molecule has 0 atom stereocenters. The van der Waals surface area contributed by atoms with E-state index in [0.29, 0.717) is 24.8 Å². The Balaban J connectivity index is 2.14. The van der Waals surface area contributed by atoms with E-state index in [9.17, 15) is 0 Å². The van der Waals surface area contributed by atoms with Gasteiger partial charge in [0.15, 0.2) is 5.82 Å². The molecule has 0 aliphatic heterocycles. The first-order valence-electron chi connectivity index (χ1n) is 6.33. The molecule has 1 aromatic heterocycles. The predicted octanol–water partition coefficient (Wildman–Crippen LogP) is 2.47. The van der Waals surface area contributed by atoms with Gasteiger partial charge in [0.2, 0.25) is 5.88 Å². The lowest BCUT2D eigenvalue weighted by molar-refractivity contribution is 0.304. The van der Waals surface area contributed by atoms with Gasteiger partial charge in [-0.3, -0.25) is 4.98 Å². The van der Waals surface area contributed by atoms with Crippen molar-refractivity contribution >= 4 is 11.5 Å². The molecule has 0 aliphatic rings. The minimum absolute atomic E-state index is 0.475. The van der Waals surface area contributed by atoms with Crippen molar-refractivity contribution in [3.8, 4) is 5.88 Å². The molecule has 0 spiro atoms. The van der Waals surface area contributed by atoms with E-state index in [-0.39, 0.29) is 0 Å². The molecule has 0 bridgehead atoms. The fraction of sp³-hybridized carbons (Fsp3) is 0.286. The number of hydrogen-bond acceptors (Lipinski definition) is 5. The number of nitrogens with two attached hydrogens (primary N) is 1. The van der Waals surface area contributed by atoms with Gasteiger partial charge in [-0.05, 0) is 18.1 Å². The molecule has 0 unspecified atom stereocenters. The van der Waals surface area contributed by atoms with Crippen molar-refractivity contribution in [1.29, 1.82) is 0 Å². The number of hydrogen-bond donors (Lipinski definition) is 2. The Morgan fingerprint density at radius 1 is 1.26 bits per heavy atom. The van der Waals surface area contributed by atoms with Crippen molar-refractivity contribution in [3.05, 3.63) is 42.2 Å². The van der Waals surface area contributed by atoms with Crippen molar-refractivity contribution in [2.75, 3.05) is 11.9 Å². The highest BCUT2D eigenvalue weighted by Crippen LogP contribution is 2.19. The van der Waals surface area contributed by atoms with E-state index in [1.807, 2.05) is 31.2 Å². The monoisotopic (exact) mass is 258 g/mol. The first-order chi connectivity index (χ1) is 9.33. The van der Waals surface area contributed by atoms with E-state index in [1.165, 1.54) is 0 Å². The average molecular weight is 258 g/mol. The summed E-state index contributed by atoms with van der Waals surface area (Å²) >= 11 is 0. The zero-order valence-corrected chi connectivity index (χ0v) is 11.0. The maximum absolute atomic E-state index is 5.70. The first kappa shape index (κ1) is 13.3. The summed E-state index contributed by atoms with van der Waals surface area (Å²) in [5.74, 6) is 1.17. The second-order valence-electron chi connectivity index (χ2n) is 4.08. The molecular formula is C14H18N4O. The largest absolute Gasteiger partial charge is 0.477 e. The molecule has 100 valence electrons. The summed E-state index contributed by atoms with van der Waals surface area (Å²) in [5, 5.41) is 3.21. The van der Waals surface area contributed by atoms with Gasteiger partial charge in [-0.2, -0.15) is 4.98 Å². The van der Waals surface area contributed by atoms with Gasteiger partial charge in [0.25, 0.3) is 0 Å². The Morgan fingerprint density at radius 3 is 2.89 bits per heavy atom. The number of rotatable bonds is 6. The summed E-state index contributed by atoms with van der Waals surface area (Å²) in [4.78, 5) is 8.45. The first-order valence-corrected chi connectivity index (χ1v) is 6.33. The minimum atomic E-state index is 0.475. The Hall–Kier alpha value is -2.14. The SMILES string of the molecule is CCCOc1cncc(Nc2ccccc2CN)n1. The van der Waals surface area contributed by atoms with Gasteiger partial charge in [0, 0.05) is 12.2 Å². The maximum Gasteiger partial charge on any atom is 0.234 e. The summed E-state index contributed by atoms with van der Waals surface area (Å²) in [7, 11) is 0. The molecule has 0 fully saturated rings. The van der Waals surface area contributed by atoms with Crippen LogP contribution < -0.4 is 15.8 Å². The van der Waals surface area contributed by atoms with Gasteiger partial charge in [-0.25, -0.2) is 0 Å². The molecule has 0 aliphatic carbocycles. The summed E-state index contributed by atoms with van der Waals surface area (Å²) < 4.78 is 5.45. The van der Waals surface area contributed by atoms with E-state index in [1.54, 1.807) is 12.4 Å². The smallest absolute Gasteiger partial charge is 0.234 e. The van der Waals surface area contributed by atoms with Gasteiger partial charge >= 0.3 is 0 Å². The van der Waals surface area contributed by atoms with Crippen molar-refractivity contribution in [1.82, 2.24) is 9.97 Å². The highest BCUT2D eigenvalue weighted by molar-refractivity contribution is 5.60. The third kappa shape index (κ3) is 3.66. The molecule has 5 heteroatoms. The van der Waals surface area contributed by atoms with Crippen LogP contribution >= 0.6 is 0 Å². The Kier molecular flexibility index (Phi) is 4.69. The fourth-order valence-corrected chi connectivity index (χ4v) is 1.64. The van der Waals surface area contributed by atoms with Crippen LogP contribution in [0, 0.1) is 0 Å². The molecule has 19 heavy (non-hydrogen) atoms. The molecule has 1 aromatic carbocycles. The van der Waals surface area contributed by atoms with Crippen molar-refractivity contribution in [2.45, 2.75) is 19.9 Å². The highest BCUT2D eigenvalue weighted by atomic mass is 16.5. The maximum atomic E-state index is 5.70. The van der Waals surface area contributed by atoms with Gasteiger partial charge in [0.1, 0.15) is 0 Å². The molecule has 0 saturated heterocycles. The van der Waals surface area contributed by atoms with E-state index in [2.05, 4.69) is 15.3 Å². The van der Waals surface area contributed by atoms with E-state index in [4.69, 9.17) is 10.5 Å². The van der Waals surface area contributed by atoms with Crippen LogP contribution in [0.25, 0.3) is 0 Å². The van der Waals surface area contributed by atoms with Crippen LogP contribution in [-0.2, 0) is 6.54 Å². The summed E-state index contributed by atoms with van der Waals surface area (Å²) in [5.41, 5.74) is 7.67. The highest BCUT2D eigenvalue weighted by Gasteiger charge is 2.03. The van der Waals surface area contributed by atoms with Crippen molar-refractivity contribution in [2.24, 2.45) is 5.73 Å². The number of anilines is 2. The van der Waals surface area contributed by atoms with Crippen LogP contribution in [0.1, 0.15) is 18.9 Å². The van der Waals surface area contributed by atoms with Crippen molar-refractivity contribution in [3.63, 3.8) is 0 Å². The molecule has 2 aromatic rings. The van der Waals surface area contributed by atoms with Crippen LogP contribution in [0.4, 0.5) is 11.5 Å². The standard InChI is InChI=1S/C14H18N4O/c1-2-7-19-14-10-16-9-13(18-14)17-12-6-4-3-5-11(12)8-15/h3-6,9-10H,2,7-8,15H2,1H3,(H,17,18). The number of para-hydroxylation sites is 1. The number of aromatic nitrogens is 2. The molecule has 1 heterocycles. The number of nitrogens with one attached hydrogen (secondary N) is 1. The van der Waals surface area contributed by atoms with Gasteiger partial charge in [-0.15, -0.1) is 0 Å². The molecule has 0 amide bonds. The predicted molar refractivity (Wildman–Crippen MR) is 75.4 cm³/mol. The molecule has 3 N–H and O–H groups in total. The Labute approximate surface area is 112 Å². The molecular weight excluding hydrogens is 240 g/mol. The lowest BCUT2D eigenvalue weighted by Crippen LogP contribution is -2.04. The Morgan fingerprint density at radius 2 is 2.11 bits per heavy atom. The number of ether oxygens (including phenoxy) is 1. The van der Waals surface area contributed by atoms with E-state index >= 15 is 0 Å². The molecule has 0 radical (unpaired) electrons. The minimum Gasteiger partial charge on any atom is -0.477 e. The number of nitrogens with zero attached hydrogens (tertiary/aromatic N) is 2. The van der Waals surface area contributed by atoms with Gasteiger partial charge < -0.3 is 15.8 Å². The average Bonchev–Trinajstić information content (AvgIpc) is 2.46. The normalized spacial score (nSPS) is 10.2. The lowest BCUT2D eigenvalue weighted by atomic mass is 10.2. The summed E-state index contributed by atoms with van der Waals surface area (Å²) in [6, 6.07) is 7.85. The second kappa shape index (κ2) is 6.70. The van der Waals surface area contributed by atoms with Crippen LogP contribution in [-0.4, -0.2) is 16.6 Å². The van der Waals surface area contributed by atoms with Crippen LogP contribution in [0.5, 0.6) is 5.88 Å². The van der Waals surface area contributed by atoms with Crippen LogP contribution in [0.2, 0.25) is 0 Å². The molecule has 0 saturated carbocycles. The quantitative estimate of drug-likeness (QED) is 0.832. The zero-order valence-electron chi connectivity index (χ0n) is 11.0. The number of benzene rings is 1. The van der Waals surface area contributed by atoms with Crippen LogP contribution in [0.15, 0.2) is 36.7 Å².